The monoisotopic (exact) mass is 430 g/mol. The summed E-state index contributed by atoms with van der Waals surface area (Å²) in [5.41, 5.74) is 0.485. The molecule has 1 aromatic carbocycles. The molecular formula is C18H21ClF2N4O2S. The molecule has 6 nitrogen and oxygen atoms in total. The smallest absolute Gasteiger partial charge is 0.387 e. The predicted molar refractivity (Wildman–Crippen MR) is 108 cm³/mol. The zero-order valence-corrected chi connectivity index (χ0v) is 16.7. The second-order valence-electron chi connectivity index (χ2n) is 5.57. The molecule has 28 heavy (non-hydrogen) atoms. The lowest BCUT2D eigenvalue weighted by molar-refractivity contribution is -0.0504. The maximum absolute atomic E-state index is 12.5. The van der Waals surface area contributed by atoms with Crippen molar-refractivity contribution in [2.75, 3.05) is 20.1 Å². The van der Waals surface area contributed by atoms with Gasteiger partial charge in [-0.15, -0.1) is 11.3 Å². The van der Waals surface area contributed by atoms with Gasteiger partial charge in [0.2, 0.25) is 0 Å². The summed E-state index contributed by atoms with van der Waals surface area (Å²) in [5.74, 6) is 0.455. The van der Waals surface area contributed by atoms with Gasteiger partial charge in [-0.1, -0.05) is 17.7 Å². The Morgan fingerprint density at radius 3 is 2.71 bits per heavy atom. The van der Waals surface area contributed by atoms with Crippen molar-refractivity contribution in [1.82, 2.24) is 16.0 Å². The minimum absolute atomic E-state index is 0.0543. The van der Waals surface area contributed by atoms with Gasteiger partial charge >= 0.3 is 6.61 Å². The van der Waals surface area contributed by atoms with E-state index in [0.717, 1.165) is 0 Å². The Bertz CT molecular complexity index is 788. The highest BCUT2D eigenvalue weighted by Gasteiger charge is 2.11. The Labute approximate surface area is 171 Å². The maximum atomic E-state index is 12.5. The van der Waals surface area contributed by atoms with Crippen LogP contribution in [0.1, 0.15) is 21.7 Å². The number of alkyl halides is 2. The van der Waals surface area contributed by atoms with Crippen molar-refractivity contribution in [3.05, 3.63) is 51.2 Å². The molecule has 2 rings (SSSR count). The van der Waals surface area contributed by atoms with Gasteiger partial charge in [0.1, 0.15) is 5.75 Å². The number of ether oxygens (including phenoxy) is 1. The lowest BCUT2D eigenvalue weighted by Crippen LogP contribution is -2.38. The van der Waals surface area contributed by atoms with Crippen molar-refractivity contribution in [3.8, 4) is 5.75 Å². The molecule has 0 aliphatic heterocycles. The van der Waals surface area contributed by atoms with Gasteiger partial charge in [0.15, 0.2) is 5.96 Å². The van der Waals surface area contributed by atoms with E-state index in [9.17, 15) is 13.6 Å². The fourth-order valence-electron chi connectivity index (χ4n) is 2.29. The number of carbonyl (C=O) groups is 1. The number of benzene rings is 1. The second kappa shape index (κ2) is 11.5. The van der Waals surface area contributed by atoms with E-state index in [0.29, 0.717) is 40.9 Å². The van der Waals surface area contributed by atoms with E-state index in [1.165, 1.54) is 23.5 Å². The van der Waals surface area contributed by atoms with Crippen LogP contribution in [0.25, 0.3) is 0 Å². The van der Waals surface area contributed by atoms with Gasteiger partial charge in [-0.2, -0.15) is 8.78 Å². The fraction of sp³-hybridized carbons (Fsp3) is 0.333. The third-order valence-electron chi connectivity index (χ3n) is 3.59. The summed E-state index contributed by atoms with van der Waals surface area (Å²) in [6.45, 7) is -1.62. The summed E-state index contributed by atoms with van der Waals surface area (Å²) < 4.78 is 29.5. The molecule has 0 fully saturated rings. The lowest BCUT2D eigenvalue weighted by Gasteiger charge is -2.15. The number of hydrogen-bond donors (Lipinski definition) is 3. The molecule has 0 radical (unpaired) electrons. The highest BCUT2D eigenvalue weighted by atomic mass is 35.5. The summed E-state index contributed by atoms with van der Waals surface area (Å²) in [5, 5.41) is 11.2. The van der Waals surface area contributed by atoms with E-state index >= 15 is 0 Å². The van der Waals surface area contributed by atoms with Gasteiger partial charge in [0, 0.05) is 37.3 Å². The minimum atomic E-state index is -2.92. The summed E-state index contributed by atoms with van der Waals surface area (Å²) in [6, 6.07) is 8.04. The minimum Gasteiger partial charge on any atom is -0.434 e. The lowest BCUT2D eigenvalue weighted by atomic mass is 10.2. The van der Waals surface area contributed by atoms with Crippen LogP contribution >= 0.6 is 22.9 Å². The summed E-state index contributed by atoms with van der Waals surface area (Å²) in [7, 11) is 1.60. The van der Waals surface area contributed by atoms with Crippen LogP contribution in [0.4, 0.5) is 8.78 Å². The Balaban J connectivity index is 1.74. The van der Waals surface area contributed by atoms with Gasteiger partial charge < -0.3 is 20.7 Å². The molecule has 0 aliphatic carbocycles. The number of guanidine groups is 1. The molecule has 0 unspecified atom stereocenters. The molecule has 10 heteroatoms. The van der Waals surface area contributed by atoms with Gasteiger partial charge in [-0.3, -0.25) is 9.79 Å². The number of halogens is 3. The third kappa shape index (κ3) is 7.32. The van der Waals surface area contributed by atoms with Crippen molar-refractivity contribution in [2.45, 2.75) is 19.6 Å². The number of rotatable bonds is 9. The fourth-order valence-corrected chi connectivity index (χ4v) is 3.12. The Morgan fingerprint density at radius 2 is 2.04 bits per heavy atom. The van der Waals surface area contributed by atoms with Gasteiger partial charge in [0.25, 0.3) is 5.91 Å². The number of nitrogens with zero attached hydrogens (tertiary/aromatic N) is 1. The van der Waals surface area contributed by atoms with Crippen molar-refractivity contribution >= 4 is 34.8 Å². The van der Waals surface area contributed by atoms with Crippen LogP contribution < -0.4 is 20.7 Å². The largest absolute Gasteiger partial charge is 0.434 e. The van der Waals surface area contributed by atoms with Crippen molar-refractivity contribution in [2.24, 2.45) is 4.99 Å². The maximum Gasteiger partial charge on any atom is 0.387 e. The van der Waals surface area contributed by atoms with E-state index < -0.39 is 6.61 Å². The quantitative estimate of drug-likeness (QED) is 0.323. The normalized spacial score (nSPS) is 11.4. The molecule has 3 N–H and O–H groups in total. The van der Waals surface area contributed by atoms with E-state index in [2.05, 4.69) is 25.7 Å². The zero-order valence-electron chi connectivity index (χ0n) is 15.2. The molecule has 1 aromatic heterocycles. The molecule has 0 saturated carbocycles. The highest BCUT2D eigenvalue weighted by Crippen LogP contribution is 2.24. The zero-order chi connectivity index (χ0) is 20.4. The average molecular weight is 431 g/mol. The Kier molecular flexibility index (Phi) is 8.96. The van der Waals surface area contributed by atoms with E-state index in [1.807, 2.05) is 11.4 Å². The highest BCUT2D eigenvalue weighted by molar-refractivity contribution is 7.12. The van der Waals surface area contributed by atoms with Gasteiger partial charge in [-0.25, -0.2) is 0 Å². The summed E-state index contributed by atoms with van der Waals surface area (Å²) >= 11 is 7.32. The third-order valence-corrected chi connectivity index (χ3v) is 4.69. The average Bonchev–Trinajstić information content (AvgIpc) is 3.20. The molecule has 1 heterocycles. The molecule has 1 amide bonds. The number of hydrogen-bond acceptors (Lipinski definition) is 4. The Hall–Kier alpha value is -2.39. The molecule has 152 valence electrons. The number of aliphatic imine (C=N–C) groups is 1. The first-order valence-electron chi connectivity index (χ1n) is 8.49. The van der Waals surface area contributed by atoms with Gasteiger partial charge in [-0.05, 0) is 36.1 Å². The number of thiophene rings is 1. The molecular weight excluding hydrogens is 410 g/mol. The van der Waals surface area contributed by atoms with Crippen LogP contribution in [-0.2, 0) is 6.54 Å². The van der Waals surface area contributed by atoms with Crippen LogP contribution in [0, 0.1) is 0 Å². The van der Waals surface area contributed by atoms with Crippen LogP contribution in [0.3, 0.4) is 0 Å². The van der Waals surface area contributed by atoms with Crippen molar-refractivity contribution in [3.63, 3.8) is 0 Å². The van der Waals surface area contributed by atoms with E-state index in [1.54, 1.807) is 19.2 Å². The first-order valence-corrected chi connectivity index (χ1v) is 9.75. The molecule has 2 aromatic rings. The number of amides is 1. The van der Waals surface area contributed by atoms with Gasteiger partial charge in [0.05, 0.1) is 4.88 Å². The predicted octanol–water partition coefficient (Wildman–Crippen LogP) is 3.49. The van der Waals surface area contributed by atoms with Crippen LogP contribution in [-0.4, -0.2) is 38.6 Å². The van der Waals surface area contributed by atoms with E-state index in [4.69, 9.17) is 11.6 Å². The van der Waals surface area contributed by atoms with Crippen LogP contribution in [0.5, 0.6) is 5.75 Å². The van der Waals surface area contributed by atoms with Crippen LogP contribution in [0.15, 0.2) is 40.7 Å². The first kappa shape index (κ1) is 21.9. The van der Waals surface area contributed by atoms with E-state index in [-0.39, 0.29) is 18.2 Å². The topological polar surface area (TPSA) is 74.8 Å². The van der Waals surface area contributed by atoms with Crippen molar-refractivity contribution in [1.29, 1.82) is 0 Å². The molecule has 0 spiro atoms. The first-order chi connectivity index (χ1) is 13.5. The molecule has 0 aliphatic rings. The number of carbonyl (C=O) groups excluding carboxylic acids is 1. The Morgan fingerprint density at radius 1 is 1.25 bits per heavy atom. The second-order valence-corrected chi connectivity index (χ2v) is 6.95. The number of nitrogens with one attached hydrogen (secondary N) is 3. The molecule has 0 saturated heterocycles. The van der Waals surface area contributed by atoms with Crippen LogP contribution in [0.2, 0.25) is 5.02 Å². The standard InChI is InChI=1S/C18H21ClF2N4O2S/c1-22-18(24-8-3-7-23-16(26)15-4-2-9-28-15)25-11-12-10-13(19)5-6-14(12)27-17(20)21/h2,4-6,9-10,17H,3,7-8,11H2,1H3,(H,23,26)(H2,22,24,25). The van der Waals surface area contributed by atoms with Crippen molar-refractivity contribution < 1.29 is 18.3 Å². The molecule has 0 bridgehead atoms. The summed E-state index contributed by atoms with van der Waals surface area (Å²) in [4.78, 5) is 16.6. The summed E-state index contributed by atoms with van der Waals surface area (Å²) in [6.07, 6.45) is 0.689. The SMILES string of the molecule is CN=C(NCCCNC(=O)c1cccs1)NCc1cc(Cl)ccc1OC(F)F. The molecule has 0 atom stereocenters.